The highest BCUT2D eigenvalue weighted by atomic mass is 16.6. The maximum absolute atomic E-state index is 12.4. The molecule has 0 aliphatic carbocycles. The second-order valence-corrected chi connectivity index (χ2v) is 6.16. The fraction of sp³-hybridized carbons (Fsp3) is 0.143. The molecule has 148 valence electrons. The van der Waals surface area contributed by atoms with E-state index in [1.807, 2.05) is 36.4 Å². The Bertz CT molecular complexity index is 1060. The van der Waals surface area contributed by atoms with E-state index in [2.05, 4.69) is 5.32 Å². The summed E-state index contributed by atoms with van der Waals surface area (Å²) in [6.07, 6.45) is -1.07. The molecule has 0 radical (unpaired) electrons. The number of anilines is 1. The molecule has 1 atom stereocenters. The van der Waals surface area contributed by atoms with Crippen LogP contribution in [0.1, 0.15) is 6.92 Å². The summed E-state index contributed by atoms with van der Waals surface area (Å²) in [6, 6.07) is 18.7. The van der Waals surface area contributed by atoms with Crippen LogP contribution in [0.4, 0.5) is 11.4 Å². The lowest BCUT2D eigenvalue weighted by Gasteiger charge is -2.15. The highest BCUT2D eigenvalue weighted by Crippen LogP contribution is 2.26. The number of rotatable bonds is 7. The monoisotopic (exact) mass is 394 g/mol. The number of para-hydroxylation sites is 2. The van der Waals surface area contributed by atoms with Gasteiger partial charge in [-0.05, 0) is 24.4 Å². The molecule has 8 nitrogen and oxygen atoms in total. The van der Waals surface area contributed by atoms with Gasteiger partial charge in [0.2, 0.25) is 0 Å². The Morgan fingerprint density at radius 3 is 2.52 bits per heavy atom. The van der Waals surface area contributed by atoms with Crippen LogP contribution in [0.5, 0.6) is 5.75 Å². The molecule has 3 aromatic rings. The van der Waals surface area contributed by atoms with Crippen molar-refractivity contribution in [1.82, 2.24) is 0 Å². The highest BCUT2D eigenvalue weighted by Gasteiger charge is 2.20. The van der Waals surface area contributed by atoms with Crippen molar-refractivity contribution < 1.29 is 24.0 Å². The number of nitro benzene ring substituents is 1. The molecule has 0 heterocycles. The van der Waals surface area contributed by atoms with Gasteiger partial charge < -0.3 is 14.8 Å². The number of nitrogens with zero attached hydrogens (tertiary/aromatic N) is 1. The molecule has 0 saturated heterocycles. The maximum atomic E-state index is 12.4. The number of hydrogen-bond donors (Lipinski definition) is 1. The average molecular weight is 394 g/mol. The van der Waals surface area contributed by atoms with E-state index < -0.39 is 29.5 Å². The van der Waals surface area contributed by atoms with Gasteiger partial charge in [-0.1, -0.05) is 48.5 Å². The molecule has 8 heteroatoms. The number of esters is 1. The quantitative estimate of drug-likeness (QED) is 0.372. The first-order valence-corrected chi connectivity index (χ1v) is 8.80. The maximum Gasteiger partial charge on any atom is 0.344 e. The van der Waals surface area contributed by atoms with Crippen LogP contribution in [0.3, 0.4) is 0 Å². The Kier molecular flexibility index (Phi) is 6.03. The first kappa shape index (κ1) is 19.8. The molecule has 0 saturated carbocycles. The number of nitro groups is 1. The number of hydrogen-bond acceptors (Lipinski definition) is 6. The van der Waals surface area contributed by atoms with E-state index in [1.54, 1.807) is 12.1 Å². The van der Waals surface area contributed by atoms with E-state index in [0.29, 0.717) is 5.69 Å². The minimum absolute atomic E-state index is 0.0534. The molecular weight excluding hydrogens is 376 g/mol. The Hall–Kier alpha value is -3.94. The number of carbonyl (C=O) groups is 2. The summed E-state index contributed by atoms with van der Waals surface area (Å²) in [5, 5.41) is 15.5. The van der Waals surface area contributed by atoms with E-state index in [-0.39, 0.29) is 11.4 Å². The zero-order valence-electron chi connectivity index (χ0n) is 15.5. The summed E-state index contributed by atoms with van der Waals surface area (Å²) in [5.41, 5.74) is 0.342. The van der Waals surface area contributed by atoms with E-state index in [4.69, 9.17) is 9.47 Å². The van der Waals surface area contributed by atoms with Gasteiger partial charge in [0.25, 0.3) is 5.91 Å². The summed E-state index contributed by atoms with van der Waals surface area (Å²) < 4.78 is 10.2. The second kappa shape index (κ2) is 8.83. The third-order valence-corrected chi connectivity index (χ3v) is 4.13. The van der Waals surface area contributed by atoms with Gasteiger partial charge in [-0.25, -0.2) is 4.79 Å². The van der Waals surface area contributed by atoms with Gasteiger partial charge in [-0.3, -0.25) is 14.9 Å². The zero-order valence-corrected chi connectivity index (χ0v) is 15.5. The van der Waals surface area contributed by atoms with E-state index in [0.717, 1.165) is 10.8 Å². The van der Waals surface area contributed by atoms with E-state index in [1.165, 1.54) is 25.1 Å². The number of amides is 1. The smallest absolute Gasteiger partial charge is 0.344 e. The molecule has 3 rings (SSSR count). The summed E-state index contributed by atoms with van der Waals surface area (Å²) >= 11 is 0. The van der Waals surface area contributed by atoms with Gasteiger partial charge in [0.05, 0.1) is 4.92 Å². The number of benzene rings is 3. The molecular formula is C21H18N2O6. The number of carbonyl (C=O) groups excluding carboxylic acids is 2. The minimum Gasteiger partial charge on any atom is -0.475 e. The first-order valence-electron chi connectivity index (χ1n) is 8.80. The predicted molar refractivity (Wildman–Crippen MR) is 107 cm³/mol. The largest absolute Gasteiger partial charge is 0.475 e. The second-order valence-electron chi connectivity index (χ2n) is 6.16. The van der Waals surface area contributed by atoms with E-state index in [9.17, 15) is 19.7 Å². The van der Waals surface area contributed by atoms with Crippen molar-refractivity contribution in [1.29, 1.82) is 0 Å². The molecule has 0 bridgehead atoms. The molecule has 1 N–H and O–H groups in total. The van der Waals surface area contributed by atoms with Crippen molar-refractivity contribution in [2.24, 2.45) is 0 Å². The minimum atomic E-state index is -1.07. The van der Waals surface area contributed by atoms with Crippen molar-refractivity contribution >= 4 is 34.0 Å². The number of nitrogens with one attached hydrogen (secondary N) is 1. The zero-order chi connectivity index (χ0) is 20.8. The van der Waals surface area contributed by atoms with Gasteiger partial charge in [-0.2, -0.15) is 0 Å². The van der Waals surface area contributed by atoms with Crippen LogP contribution in [0.2, 0.25) is 0 Å². The molecule has 0 aliphatic heterocycles. The molecule has 0 spiro atoms. The molecule has 0 aliphatic rings. The van der Waals surface area contributed by atoms with Gasteiger partial charge in [0.15, 0.2) is 18.5 Å². The van der Waals surface area contributed by atoms with Crippen molar-refractivity contribution in [2.45, 2.75) is 13.0 Å². The van der Waals surface area contributed by atoms with Crippen molar-refractivity contribution in [3.63, 3.8) is 0 Å². The Balaban J connectivity index is 1.58. The van der Waals surface area contributed by atoms with Crippen LogP contribution in [0.25, 0.3) is 10.8 Å². The standard InChI is InChI=1S/C21H18N2O6/c1-14(21(25)22-17-10-6-8-15-7-2-3-9-16(15)17)29-20(24)13-28-19-12-5-4-11-18(19)23(26)27/h2-12,14H,13H2,1H3,(H,22,25)/t14-/m1/s1. The number of ether oxygens (including phenoxy) is 2. The van der Waals surface area contributed by atoms with Gasteiger partial charge >= 0.3 is 11.7 Å². The summed E-state index contributed by atoms with van der Waals surface area (Å²) in [4.78, 5) is 34.7. The lowest BCUT2D eigenvalue weighted by molar-refractivity contribution is -0.385. The van der Waals surface area contributed by atoms with Crippen LogP contribution in [-0.4, -0.2) is 29.5 Å². The van der Waals surface area contributed by atoms with Crippen LogP contribution in [0.15, 0.2) is 66.7 Å². The molecule has 3 aromatic carbocycles. The summed E-state index contributed by atoms with van der Waals surface area (Å²) in [5.74, 6) is -1.37. The third kappa shape index (κ3) is 4.86. The summed E-state index contributed by atoms with van der Waals surface area (Å²) in [6.45, 7) is 0.875. The van der Waals surface area contributed by atoms with E-state index >= 15 is 0 Å². The Morgan fingerprint density at radius 1 is 1.03 bits per heavy atom. The lowest BCUT2D eigenvalue weighted by atomic mass is 10.1. The Labute approximate surface area is 166 Å². The van der Waals surface area contributed by atoms with Crippen LogP contribution in [0, 0.1) is 10.1 Å². The van der Waals surface area contributed by atoms with Crippen LogP contribution < -0.4 is 10.1 Å². The third-order valence-electron chi connectivity index (χ3n) is 4.13. The topological polar surface area (TPSA) is 108 Å². The molecule has 0 fully saturated rings. The number of fused-ring (bicyclic) bond motifs is 1. The SMILES string of the molecule is C[C@@H](OC(=O)COc1ccccc1[N+](=O)[O-])C(=O)Nc1cccc2ccccc12. The van der Waals surface area contributed by atoms with Gasteiger partial charge in [-0.15, -0.1) is 0 Å². The summed E-state index contributed by atoms with van der Waals surface area (Å²) in [7, 11) is 0. The van der Waals surface area contributed by atoms with Crippen LogP contribution in [-0.2, 0) is 14.3 Å². The van der Waals surface area contributed by atoms with Crippen molar-refractivity contribution in [2.75, 3.05) is 11.9 Å². The van der Waals surface area contributed by atoms with Crippen molar-refractivity contribution in [3.05, 3.63) is 76.8 Å². The Morgan fingerprint density at radius 2 is 1.72 bits per heavy atom. The molecule has 0 unspecified atom stereocenters. The normalized spacial score (nSPS) is 11.5. The van der Waals surface area contributed by atoms with Gasteiger partial charge in [0.1, 0.15) is 0 Å². The highest BCUT2D eigenvalue weighted by molar-refractivity contribution is 6.03. The molecule has 1 amide bonds. The predicted octanol–water partition coefficient (Wildman–Crippen LogP) is 3.70. The molecule has 0 aromatic heterocycles. The fourth-order valence-corrected chi connectivity index (χ4v) is 2.72. The van der Waals surface area contributed by atoms with Gasteiger partial charge in [0, 0.05) is 17.1 Å². The van der Waals surface area contributed by atoms with Crippen molar-refractivity contribution in [3.8, 4) is 5.75 Å². The fourth-order valence-electron chi connectivity index (χ4n) is 2.72. The lowest BCUT2D eigenvalue weighted by Crippen LogP contribution is -2.31. The van der Waals surface area contributed by atoms with Crippen LogP contribution >= 0.6 is 0 Å². The first-order chi connectivity index (χ1) is 14.0. The average Bonchev–Trinajstić information content (AvgIpc) is 2.72. The molecule has 29 heavy (non-hydrogen) atoms.